The Balaban J connectivity index is 2.35. The maximum Gasteiger partial charge on any atom is 0.534 e. The maximum atomic E-state index is 14.7. The first-order valence-electron chi connectivity index (χ1n) is 7.48. The maximum absolute atomic E-state index is 14.7. The number of halogens is 5. The van der Waals surface area contributed by atoms with Crippen LogP contribution in [0.15, 0.2) is 6.07 Å². The minimum absolute atomic E-state index is 0.0176. The van der Waals surface area contributed by atoms with E-state index in [2.05, 4.69) is 9.17 Å². The topological polar surface area (TPSA) is 68.7 Å². The van der Waals surface area contributed by atoms with Gasteiger partial charge in [-0.2, -0.15) is 21.6 Å². The molecule has 2 aromatic rings. The first-order valence-corrected chi connectivity index (χ1v) is 9.27. The van der Waals surface area contributed by atoms with Crippen LogP contribution in [0.3, 0.4) is 0 Å². The minimum Gasteiger partial charge on any atom is -0.495 e. The predicted molar refractivity (Wildman–Crippen MR) is 88.7 cm³/mol. The molecule has 0 spiro atoms. The second-order valence-electron chi connectivity index (χ2n) is 5.99. The third-order valence-corrected chi connectivity index (χ3v) is 5.71. The van der Waals surface area contributed by atoms with Crippen molar-refractivity contribution in [2.75, 3.05) is 14.2 Å². The number of ether oxygens (including phenoxy) is 1. The molecule has 1 aromatic carbocycles. The lowest BCUT2D eigenvalue weighted by Crippen LogP contribution is -2.28. The number of alkyl halides is 3. The van der Waals surface area contributed by atoms with E-state index in [0.717, 1.165) is 0 Å². The molecule has 0 amide bonds. The van der Waals surface area contributed by atoms with Crippen LogP contribution >= 0.6 is 11.6 Å². The smallest absolute Gasteiger partial charge is 0.495 e. The average molecular weight is 429 g/mol. The standard InChI is InChI=1S/C15H13ClF4N2O4S/c1-6-10-7-4-9(25-3)11(16)12(17)13(7)21-14(8(10)5-22(6)2)26-27(23,24)15(18,19)20/h4,6H,5H2,1-3H3/t6-/m0/s1. The molecule has 0 radical (unpaired) electrons. The molecular weight excluding hydrogens is 416 g/mol. The molecule has 0 bridgehead atoms. The molecule has 1 aliphatic heterocycles. The molecule has 0 aliphatic carbocycles. The quantitative estimate of drug-likeness (QED) is 0.421. The molecular formula is C15H13ClF4N2O4S. The zero-order valence-electron chi connectivity index (χ0n) is 14.2. The van der Waals surface area contributed by atoms with Crippen molar-refractivity contribution in [3.63, 3.8) is 0 Å². The molecule has 3 rings (SSSR count). The Bertz CT molecular complexity index is 1040. The normalized spacial score (nSPS) is 18.0. The van der Waals surface area contributed by atoms with Gasteiger partial charge in [0, 0.05) is 23.5 Å². The Morgan fingerprint density at radius 3 is 2.56 bits per heavy atom. The van der Waals surface area contributed by atoms with Gasteiger partial charge in [0.15, 0.2) is 5.82 Å². The van der Waals surface area contributed by atoms with E-state index in [1.807, 2.05) is 0 Å². The van der Waals surface area contributed by atoms with Gasteiger partial charge in [-0.1, -0.05) is 11.6 Å². The molecule has 0 unspecified atom stereocenters. The molecule has 1 atom stereocenters. The number of fused-ring (bicyclic) bond motifs is 3. The van der Waals surface area contributed by atoms with Gasteiger partial charge in [0.05, 0.1) is 7.11 Å². The molecule has 6 nitrogen and oxygen atoms in total. The Labute approximate surface area is 156 Å². The highest BCUT2D eigenvalue weighted by Gasteiger charge is 2.49. The van der Waals surface area contributed by atoms with E-state index in [-0.39, 0.29) is 29.3 Å². The van der Waals surface area contributed by atoms with Crippen molar-refractivity contribution in [2.45, 2.75) is 25.0 Å². The zero-order valence-corrected chi connectivity index (χ0v) is 15.8. The van der Waals surface area contributed by atoms with Crippen LogP contribution in [0.2, 0.25) is 5.02 Å². The number of hydrogen-bond donors (Lipinski definition) is 0. The third kappa shape index (κ3) is 3.07. The predicted octanol–water partition coefficient (Wildman–Crippen LogP) is 3.77. The lowest BCUT2D eigenvalue weighted by atomic mass is 10.0. The third-order valence-electron chi connectivity index (χ3n) is 4.41. The lowest BCUT2D eigenvalue weighted by molar-refractivity contribution is -0.0501. The Kier molecular flexibility index (Phi) is 4.68. The second-order valence-corrected chi connectivity index (χ2v) is 7.90. The molecule has 0 N–H and O–H groups in total. The zero-order chi connectivity index (χ0) is 20.3. The molecule has 0 saturated carbocycles. The molecule has 1 aliphatic rings. The van der Waals surface area contributed by atoms with Crippen molar-refractivity contribution in [1.29, 1.82) is 0 Å². The summed E-state index contributed by atoms with van der Waals surface area (Å²) in [5, 5.41) is -0.182. The van der Waals surface area contributed by atoms with Gasteiger partial charge in [0.25, 0.3) is 0 Å². The second kappa shape index (κ2) is 6.35. The minimum atomic E-state index is -5.97. The van der Waals surface area contributed by atoms with E-state index in [1.54, 1.807) is 18.9 Å². The van der Waals surface area contributed by atoms with Crippen LogP contribution < -0.4 is 8.92 Å². The van der Waals surface area contributed by atoms with Crippen molar-refractivity contribution < 1.29 is 34.9 Å². The van der Waals surface area contributed by atoms with Gasteiger partial charge in [-0.15, -0.1) is 0 Å². The van der Waals surface area contributed by atoms with E-state index in [4.69, 9.17) is 16.3 Å². The highest BCUT2D eigenvalue weighted by molar-refractivity contribution is 7.87. The summed E-state index contributed by atoms with van der Waals surface area (Å²) in [4.78, 5) is 5.43. The van der Waals surface area contributed by atoms with Gasteiger partial charge >= 0.3 is 15.6 Å². The average Bonchev–Trinajstić information content (AvgIpc) is 2.86. The van der Waals surface area contributed by atoms with Gasteiger partial charge < -0.3 is 8.92 Å². The summed E-state index contributed by atoms with van der Waals surface area (Å²) in [6.07, 6.45) is 0. The number of nitrogens with zero attached hydrogens (tertiary/aromatic N) is 2. The summed E-state index contributed by atoms with van der Waals surface area (Å²) < 4.78 is 84.9. The Morgan fingerprint density at radius 1 is 1.37 bits per heavy atom. The molecule has 2 heterocycles. The summed E-state index contributed by atoms with van der Waals surface area (Å²) in [5.41, 5.74) is -5.55. The fourth-order valence-electron chi connectivity index (χ4n) is 2.96. The van der Waals surface area contributed by atoms with Crippen LogP contribution in [0.25, 0.3) is 10.9 Å². The number of hydrogen-bond acceptors (Lipinski definition) is 6. The number of methoxy groups -OCH3 is 1. The monoisotopic (exact) mass is 428 g/mol. The summed E-state index contributed by atoms with van der Waals surface area (Å²) in [6, 6.07) is 1.04. The van der Waals surface area contributed by atoms with Crippen molar-refractivity contribution in [1.82, 2.24) is 9.88 Å². The molecule has 27 heavy (non-hydrogen) atoms. The Hall–Kier alpha value is -1.85. The number of pyridine rings is 1. The van der Waals surface area contributed by atoms with Gasteiger partial charge in [-0.25, -0.2) is 9.37 Å². The molecule has 0 fully saturated rings. The van der Waals surface area contributed by atoms with Crippen molar-refractivity contribution >= 4 is 32.6 Å². The number of rotatable bonds is 3. The van der Waals surface area contributed by atoms with Gasteiger partial charge in [0.1, 0.15) is 16.3 Å². The van der Waals surface area contributed by atoms with Crippen LogP contribution in [0.5, 0.6) is 11.6 Å². The molecule has 1 aromatic heterocycles. The number of benzene rings is 1. The van der Waals surface area contributed by atoms with Gasteiger partial charge in [0.2, 0.25) is 5.88 Å². The van der Waals surface area contributed by atoms with Crippen LogP contribution in [-0.4, -0.2) is 38.0 Å². The van der Waals surface area contributed by atoms with Gasteiger partial charge in [-0.05, 0) is 25.6 Å². The van der Waals surface area contributed by atoms with Crippen molar-refractivity contribution in [3.8, 4) is 11.6 Å². The van der Waals surface area contributed by atoms with Crippen LogP contribution in [-0.2, 0) is 16.7 Å². The Morgan fingerprint density at radius 2 is 2.00 bits per heavy atom. The summed E-state index contributed by atoms with van der Waals surface area (Å²) in [6.45, 7) is 1.79. The van der Waals surface area contributed by atoms with E-state index < -0.39 is 37.9 Å². The first-order chi connectivity index (χ1) is 12.4. The number of aromatic nitrogens is 1. The van der Waals surface area contributed by atoms with Crippen LogP contribution in [0.4, 0.5) is 17.6 Å². The molecule has 148 valence electrons. The largest absolute Gasteiger partial charge is 0.534 e. The first kappa shape index (κ1) is 19.9. The highest BCUT2D eigenvalue weighted by Crippen LogP contribution is 2.45. The molecule has 0 saturated heterocycles. The van der Waals surface area contributed by atoms with Gasteiger partial charge in [-0.3, -0.25) is 4.90 Å². The summed E-state index contributed by atoms with van der Waals surface area (Å²) >= 11 is 5.86. The fraction of sp³-hybridized carbons (Fsp3) is 0.400. The summed E-state index contributed by atoms with van der Waals surface area (Å²) in [7, 11) is -3.02. The highest BCUT2D eigenvalue weighted by atomic mass is 35.5. The van der Waals surface area contributed by atoms with E-state index in [9.17, 15) is 26.0 Å². The summed E-state index contributed by atoms with van der Waals surface area (Å²) in [5.74, 6) is -1.86. The SMILES string of the molecule is COc1cc2c3c(c(OS(=O)(=O)C(F)(F)F)nc2c(F)c1Cl)CN(C)[C@H]3C. The van der Waals surface area contributed by atoms with E-state index in [0.29, 0.717) is 5.56 Å². The van der Waals surface area contributed by atoms with Crippen LogP contribution in [0.1, 0.15) is 24.1 Å². The van der Waals surface area contributed by atoms with Crippen LogP contribution in [0, 0.1) is 5.82 Å². The lowest BCUT2D eigenvalue weighted by Gasteiger charge is -2.17. The van der Waals surface area contributed by atoms with Crippen molar-refractivity contribution in [2.24, 2.45) is 0 Å². The molecule has 12 heteroatoms. The van der Waals surface area contributed by atoms with E-state index in [1.165, 1.54) is 13.2 Å². The van der Waals surface area contributed by atoms with E-state index >= 15 is 0 Å². The van der Waals surface area contributed by atoms with Crippen molar-refractivity contribution in [3.05, 3.63) is 28.0 Å². The fourth-order valence-corrected chi connectivity index (χ4v) is 3.62.